The van der Waals surface area contributed by atoms with Crippen LogP contribution in [0.4, 0.5) is 10.1 Å². The molecule has 246 valence electrons. The molecule has 11 heteroatoms. The van der Waals surface area contributed by atoms with Gasteiger partial charge in [0, 0.05) is 59.7 Å². The molecule has 0 spiro atoms. The van der Waals surface area contributed by atoms with Crippen molar-refractivity contribution in [3.05, 3.63) is 112 Å². The molecule has 0 bridgehead atoms. The summed E-state index contributed by atoms with van der Waals surface area (Å²) in [7, 11) is 2.03. The number of carbonyl (C=O) groups excluding carboxylic acids is 1. The topological polar surface area (TPSA) is 96.7 Å². The zero-order valence-electron chi connectivity index (χ0n) is 27.1. The molecule has 1 amide bonds. The molecule has 2 N–H and O–H groups in total. The zero-order valence-corrected chi connectivity index (χ0v) is 27.9. The monoisotopic (exact) mass is 665 g/mol. The number of hydrogen-bond acceptors (Lipinski definition) is 7. The summed E-state index contributed by atoms with van der Waals surface area (Å²) >= 11 is 5.86. The van der Waals surface area contributed by atoms with E-state index in [1.165, 1.54) is 6.07 Å². The number of aromatic nitrogens is 3. The fourth-order valence-corrected chi connectivity index (χ4v) is 6.58. The zero-order chi connectivity index (χ0) is 33.4. The SMILES string of the molecule is CC(C)C1=NNC2=CC=C(C(=O)Nc3ccc4c(c3)nc(CN3CC=C(c5cccc(OCc6ccc(Cl)cc6F)n5)CC3)n4C)CC21. The molecule has 7 rings (SSSR count). The lowest BCUT2D eigenvalue weighted by atomic mass is 9.84. The molecule has 2 aliphatic heterocycles. The number of aryl methyl sites for hydroxylation is 1. The Morgan fingerprint density at radius 3 is 2.81 bits per heavy atom. The second-order valence-electron chi connectivity index (χ2n) is 12.7. The van der Waals surface area contributed by atoms with Crippen LogP contribution in [0.1, 0.15) is 43.8 Å². The van der Waals surface area contributed by atoms with Gasteiger partial charge in [-0.05, 0) is 66.8 Å². The predicted molar refractivity (Wildman–Crippen MR) is 187 cm³/mol. The third-order valence-electron chi connectivity index (χ3n) is 9.15. The molecule has 0 fully saturated rings. The lowest BCUT2D eigenvalue weighted by Crippen LogP contribution is -2.29. The van der Waals surface area contributed by atoms with E-state index in [1.54, 1.807) is 18.2 Å². The Balaban J connectivity index is 0.970. The number of allylic oxidation sites excluding steroid dienone is 3. The number of ether oxygens (including phenoxy) is 1. The second-order valence-corrected chi connectivity index (χ2v) is 13.2. The molecule has 0 radical (unpaired) electrons. The van der Waals surface area contributed by atoms with Crippen LogP contribution in [0, 0.1) is 17.7 Å². The number of nitrogens with zero attached hydrogens (tertiary/aromatic N) is 5. The first kappa shape index (κ1) is 31.8. The van der Waals surface area contributed by atoms with Gasteiger partial charge in [0.25, 0.3) is 5.91 Å². The normalized spacial score (nSPS) is 17.8. The van der Waals surface area contributed by atoms with Crippen molar-refractivity contribution in [1.29, 1.82) is 0 Å². The van der Waals surface area contributed by atoms with Crippen molar-refractivity contribution in [3.8, 4) is 5.88 Å². The van der Waals surface area contributed by atoms with E-state index < -0.39 is 5.82 Å². The second kappa shape index (κ2) is 13.4. The molecular formula is C37H37ClFN7O2. The first-order chi connectivity index (χ1) is 23.2. The van der Waals surface area contributed by atoms with Crippen molar-refractivity contribution >= 4 is 45.5 Å². The fraction of sp³-hybridized carbons (Fsp3) is 0.297. The quantitative estimate of drug-likeness (QED) is 0.200. The minimum absolute atomic E-state index is 0.0713. The number of imidazole rings is 1. The van der Waals surface area contributed by atoms with E-state index in [0.29, 0.717) is 35.3 Å². The van der Waals surface area contributed by atoms with E-state index in [9.17, 15) is 9.18 Å². The summed E-state index contributed by atoms with van der Waals surface area (Å²) in [5, 5.41) is 7.91. The van der Waals surface area contributed by atoms with Gasteiger partial charge < -0.3 is 14.6 Å². The van der Waals surface area contributed by atoms with Crippen LogP contribution in [0.5, 0.6) is 5.88 Å². The smallest absolute Gasteiger partial charge is 0.251 e. The largest absolute Gasteiger partial charge is 0.473 e. The lowest BCUT2D eigenvalue weighted by molar-refractivity contribution is -0.113. The summed E-state index contributed by atoms with van der Waals surface area (Å²) < 4.78 is 22.1. The predicted octanol–water partition coefficient (Wildman–Crippen LogP) is 7.01. The number of hydrogen-bond donors (Lipinski definition) is 2. The molecular weight excluding hydrogens is 629 g/mol. The maximum Gasteiger partial charge on any atom is 0.251 e. The Kier molecular flexibility index (Phi) is 8.85. The molecule has 9 nitrogen and oxygen atoms in total. The summed E-state index contributed by atoms with van der Waals surface area (Å²) in [6.45, 7) is 6.62. The molecule has 0 saturated carbocycles. The summed E-state index contributed by atoms with van der Waals surface area (Å²) in [6.07, 6.45) is 7.50. The average Bonchev–Trinajstić information content (AvgIpc) is 3.65. The first-order valence-corrected chi connectivity index (χ1v) is 16.6. The number of fused-ring (bicyclic) bond motifs is 2. The minimum atomic E-state index is -0.400. The standard InChI is InChI=1S/C37H37ClFN7O2/c1-22(2)36-28-17-24(8-11-31(28)43-44-36)37(47)40-27-10-12-33-32(19-27)41-34(45(33)3)20-46-15-13-23(14-16-46)30-5-4-6-35(42-30)48-21-25-7-9-26(38)18-29(25)39/h4-13,18-19,22,28,43H,14-17,20-21H2,1-3H3,(H,40,47). The Morgan fingerprint density at radius 2 is 2.02 bits per heavy atom. The fourth-order valence-electron chi connectivity index (χ4n) is 6.42. The van der Waals surface area contributed by atoms with Crippen molar-refractivity contribution in [2.75, 3.05) is 18.4 Å². The molecule has 4 aromatic rings. The van der Waals surface area contributed by atoms with Crippen LogP contribution in [0.3, 0.4) is 0 Å². The van der Waals surface area contributed by atoms with Gasteiger partial charge in [0.05, 0.1) is 29.0 Å². The Bertz CT molecular complexity index is 2030. The molecule has 3 aliphatic rings. The van der Waals surface area contributed by atoms with E-state index in [4.69, 9.17) is 21.3 Å². The highest BCUT2D eigenvalue weighted by Crippen LogP contribution is 2.32. The minimum Gasteiger partial charge on any atom is -0.473 e. The number of amides is 1. The number of benzene rings is 2. The van der Waals surface area contributed by atoms with Crippen LogP contribution < -0.4 is 15.5 Å². The average molecular weight is 666 g/mol. The van der Waals surface area contributed by atoms with Crippen LogP contribution in [0.2, 0.25) is 5.02 Å². The molecule has 4 heterocycles. The van der Waals surface area contributed by atoms with E-state index >= 15 is 0 Å². The third-order valence-corrected chi connectivity index (χ3v) is 9.39. The molecule has 2 aromatic heterocycles. The summed E-state index contributed by atoms with van der Waals surface area (Å²) in [6, 6.07) is 16.1. The summed E-state index contributed by atoms with van der Waals surface area (Å²) in [5.41, 5.74) is 11.0. The molecule has 48 heavy (non-hydrogen) atoms. The molecule has 2 aromatic carbocycles. The number of rotatable bonds is 9. The van der Waals surface area contributed by atoms with Crippen molar-refractivity contribution in [3.63, 3.8) is 0 Å². The van der Waals surface area contributed by atoms with Gasteiger partial charge in [-0.3, -0.25) is 15.1 Å². The van der Waals surface area contributed by atoms with Gasteiger partial charge in [-0.2, -0.15) is 5.10 Å². The van der Waals surface area contributed by atoms with Gasteiger partial charge in [0.15, 0.2) is 0 Å². The van der Waals surface area contributed by atoms with Crippen LogP contribution in [-0.4, -0.2) is 44.1 Å². The third kappa shape index (κ3) is 6.63. The molecule has 1 unspecified atom stereocenters. The number of carbonyl (C=O) groups is 1. The Morgan fingerprint density at radius 1 is 1.15 bits per heavy atom. The highest BCUT2D eigenvalue weighted by molar-refractivity contribution is 6.30. The van der Waals surface area contributed by atoms with Crippen LogP contribution in [0.25, 0.3) is 16.6 Å². The maximum atomic E-state index is 14.2. The van der Waals surface area contributed by atoms with Crippen LogP contribution >= 0.6 is 11.6 Å². The molecule has 1 aliphatic carbocycles. The Labute approximate surface area is 283 Å². The molecule has 0 saturated heterocycles. The highest BCUT2D eigenvalue weighted by atomic mass is 35.5. The number of nitrogens with one attached hydrogen (secondary N) is 2. The van der Waals surface area contributed by atoms with Crippen molar-refractivity contribution in [1.82, 2.24) is 24.9 Å². The number of hydrazone groups is 1. The van der Waals surface area contributed by atoms with Gasteiger partial charge in [-0.1, -0.05) is 49.7 Å². The summed E-state index contributed by atoms with van der Waals surface area (Å²) in [4.78, 5) is 25.2. The lowest BCUT2D eigenvalue weighted by Gasteiger charge is -2.25. The number of pyridine rings is 1. The van der Waals surface area contributed by atoms with Crippen molar-refractivity contribution < 1.29 is 13.9 Å². The van der Waals surface area contributed by atoms with Crippen LogP contribution in [0.15, 0.2) is 89.2 Å². The first-order valence-electron chi connectivity index (χ1n) is 16.2. The van der Waals surface area contributed by atoms with Gasteiger partial charge in [-0.15, -0.1) is 0 Å². The van der Waals surface area contributed by atoms with Gasteiger partial charge in [-0.25, -0.2) is 14.4 Å². The van der Waals surface area contributed by atoms with Gasteiger partial charge >= 0.3 is 0 Å². The van der Waals surface area contributed by atoms with Crippen LogP contribution in [-0.2, 0) is 25.0 Å². The number of anilines is 1. The van der Waals surface area contributed by atoms with Gasteiger partial charge in [0.1, 0.15) is 18.2 Å². The maximum absolute atomic E-state index is 14.2. The highest BCUT2D eigenvalue weighted by Gasteiger charge is 2.32. The van der Waals surface area contributed by atoms with E-state index in [1.807, 2.05) is 49.5 Å². The van der Waals surface area contributed by atoms with Crippen molar-refractivity contribution in [2.24, 2.45) is 24.0 Å². The van der Waals surface area contributed by atoms with E-state index in [2.05, 4.69) is 50.2 Å². The molecule has 1 atom stereocenters. The van der Waals surface area contributed by atoms with Gasteiger partial charge in [0.2, 0.25) is 5.88 Å². The van der Waals surface area contributed by atoms with E-state index in [0.717, 1.165) is 70.3 Å². The Hall–Kier alpha value is -4.80. The van der Waals surface area contributed by atoms with E-state index in [-0.39, 0.29) is 18.4 Å². The summed E-state index contributed by atoms with van der Waals surface area (Å²) in [5.74, 6) is 1.34. The number of halogens is 2. The van der Waals surface area contributed by atoms with Crippen molar-refractivity contribution in [2.45, 2.75) is 39.8 Å².